The van der Waals surface area contributed by atoms with Gasteiger partial charge in [0, 0.05) is 18.2 Å². The number of benzene rings is 1. The maximum Gasteiger partial charge on any atom is 0.123 e. The van der Waals surface area contributed by atoms with Crippen molar-refractivity contribution in [1.82, 2.24) is 4.90 Å². The molecule has 3 nitrogen and oxygen atoms in total. The summed E-state index contributed by atoms with van der Waals surface area (Å²) in [5.41, 5.74) is 7.30. The molecule has 1 aromatic rings. The van der Waals surface area contributed by atoms with Crippen LogP contribution < -0.4 is 10.5 Å². The van der Waals surface area contributed by atoms with Crippen molar-refractivity contribution in [3.63, 3.8) is 0 Å². The first-order chi connectivity index (χ1) is 9.31. The molecule has 0 amide bonds. The van der Waals surface area contributed by atoms with E-state index in [-0.39, 0.29) is 6.04 Å². The number of nitrogens with two attached hydrogens (primary N) is 1. The summed E-state index contributed by atoms with van der Waals surface area (Å²) in [4.78, 5) is 2.58. The summed E-state index contributed by atoms with van der Waals surface area (Å²) in [6.07, 6.45) is 5.10. The highest BCUT2D eigenvalue weighted by Gasteiger charge is 2.34. The molecule has 0 bridgehead atoms. The Hall–Kier alpha value is -1.06. The highest BCUT2D eigenvalue weighted by atomic mass is 16.5. The zero-order valence-electron chi connectivity index (χ0n) is 12.1. The molecule has 2 rings (SSSR count). The number of hydrogen-bond acceptors (Lipinski definition) is 3. The van der Waals surface area contributed by atoms with Gasteiger partial charge in [0.2, 0.25) is 0 Å². The Morgan fingerprint density at radius 1 is 1.37 bits per heavy atom. The van der Waals surface area contributed by atoms with E-state index in [1.165, 1.54) is 31.2 Å². The minimum Gasteiger partial charge on any atom is -0.496 e. The molecule has 1 aliphatic carbocycles. The Bertz CT molecular complexity index is 390. The van der Waals surface area contributed by atoms with Crippen molar-refractivity contribution < 1.29 is 4.74 Å². The normalized spacial score (nSPS) is 16.6. The zero-order valence-corrected chi connectivity index (χ0v) is 12.1. The Labute approximate surface area is 116 Å². The molecule has 0 aliphatic heterocycles. The predicted octanol–water partition coefficient (Wildman–Crippen LogP) is 2.96. The minimum absolute atomic E-state index is 0.287. The number of rotatable bonds is 8. The lowest BCUT2D eigenvalue weighted by Crippen LogP contribution is -2.36. The highest BCUT2D eigenvalue weighted by Crippen LogP contribution is 2.37. The summed E-state index contributed by atoms with van der Waals surface area (Å²) in [5.74, 6) is 0.958. The minimum atomic E-state index is 0.287. The summed E-state index contributed by atoms with van der Waals surface area (Å²) >= 11 is 0. The van der Waals surface area contributed by atoms with Gasteiger partial charge in [-0.3, -0.25) is 4.90 Å². The highest BCUT2D eigenvalue weighted by molar-refractivity contribution is 5.36. The number of unbranched alkanes of at least 4 members (excludes halogenated alkanes) is 1. The molecular weight excluding hydrogens is 236 g/mol. The van der Waals surface area contributed by atoms with Gasteiger partial charge in [0.15, 0.2) is 0 Å². The predicted molar refractivity (Wildman–Crippen MR) is 79.4 cm³/mol. The summed E-state index contributed by atoms with van der Waals surface area (Å²) in [5, 5.41) is 0. The van der Waals surface area contributed by atoms with Gasteiger partial charge >= 0.3 is 0 Å². The Morgan fingerprint density at radius 2 is 2.11 bits per heavy atom. The van der Waals surface area contributed by atoms with E-state index < -0.39 is 0 Å². The SMILES string of the molecule is CCCCN(C1CC1)C(CN)c1ccccc1OC. The molecule has 0 radical (unpaired) electrons. The fraction of sp³-hybridized carbons (Fsp3) is 0.625. The van der Waals surface area contributed by atoms with Gasteiger partial charge in [0.25, 0.3) is 0 Å². The molecule has 1 saturated carbocycles. The van der Waals surface area contributed by atoms with Crippen molar-refractivity contribution in [3.8, 4) is 5.75 Å². The first kappa shape index (κ1) is 14.4. The molecule has 0 saturated heterocycles. The van der Waals surface area contributed by atoms with Gasteiger partial charge in [0.1, 0.15) is 5.75 Å². The molecule has 106 valence electrons. The summed E-state index contributed by atoms with van der Waals surface area (Å²) < 4.78 is 5.50. The van der Waals surface area contributed by atoms with E-state index in [1.807, 2.05) is 12.1 Å². The van der Waals surface area contributed by atoms with Crippen molar-refractivity contribution in [2.24, 2.45) is 5.73 Å². The van der Waals surface area contributed by atoms with E-state index in [0.29, 0.717) is 6.54 Å². The van der Waals surface area contributed by atoms with Crippen LogP contribution in [0.4, 0.5) is 0 Å². The lowest BCUT2D eigenvalue weighted by atomic mass is 10.0. The fourth-order valence-corrected chi connectivity index (χ4v) is 2.72. The number of para-hydroxylation sites is 1. The van der Waals surface area contributed by atoms with Crippen molar-refractivity contribution >= 4 is 0 Å². The summed E-state index contributed by atoms with van der Waals surface area (Å²) in [7, 11) is 1.74. The smallest absolute Gasteiger partial charge is 0.123 e. The molecule has 1 fully saturated rings. The Morgan fingerprint density at radius 3 is 2.68 bits per heavy atom. The van der Waals surface area contributed by atoms with Gasteiger partial charge in [-0.15, -0.1) is 0 Å². The first-order valence-electron chi connectivity index (χ1n) is 7.40. The van der Waals surface area contributed by atoms with Crippen molar-refractivity contribution in [2.75, 3.05) is 20.2 Å². The largest absolute Gasteiger partial charge is 0.496 e. The third-order valence-electron chi connectivity index (χ3n) is 3.91. The quantitative estimate of drug-likeness (QED) is 0.783. The molecule has 1 aromatic carbocycles. The molecule has 1 atom stereocenters. The van der Waals surface area contributed by atoms with E-state index in [4.69, 9.17) is 10.5 Å². The number of ether oxygens (including phenoxy) is 1. The number of methoxy groups -OCH3 is 1. The summed E-state index contributed by atoms with van der Waals surface area (Å²) in [6.45, 7) is 4.04. The molecule has 2 N–H and O–H groups in total. The van der Waals surface area contributed by atoms with Gasteiger partial charge in [0.05, 0.1) is 13.2 Å². The third kappa shape index (κ3) is 3.48. The molecule has 0 spiro atoms. The van der Waals surface area contributed by atoms with Crippen molar-refractivity contribution in [3.05, 3.63) is 29.8 Å². The van der Waals surface area contributed by atoms with Crippen LogP contribution in [0.2, 0.25) is 0 Å². The van der Waals surface area contributed by atoms with Crippen LogP contribution in [0, 0.1) is 0 Å². The van der Waals surface area contributed by atoms with Gasteiger partial charge in [-0.1, -0.05) is 31.5 Å². The average Bonchev–Trinajstić information content (AvgIpc) is 3.28. The van der Waals surface area contributed by atoms with E-state index in [2.05, 4.69) is 24.0 Å². The van der Waals surface area contributed by atoms with E-state index in [1.54, 1.807) is 7.11 Å². The molecular formula is C16H26N2O. The van der Waals surface area contributed by atoms with E-state index in [9.17, 15) is 0 Å². The van der Waals surface area contributed by atoms with Crippen LogP contribution in [0.15, 0.2) is 24.3 Å². The van der Waals surface area contributed by atoms with E-state index >= 15 is 0 Å². The van der Waals surface area contributed by atoms with Crippen LogP contribution >= 0.6 is 0 Å². The zero-order chi connectivity index (χ0) is 13.7. The van der Waals surface area contributed by atoms with Gasteiger partial charge in [-0.2, -0.15) is 0 Å². The van der Waals surface area contributed by atoms with Crippen LogP contribution in [0.5, 0.6) is 5.75 Å². The number of nitrogens with zero attached hydrogens (tertiary/aromatic N) is 1. The second-order valence-electron chi connectivity index (χ2n) is 5.32. The molecule has 19 heavy (non-hydrogen) atoms. The van der Waals surface area contributed by atoms with Crippen LogP contribution in [-0.4, -0.2) is 31.1 Å². The number of hydrogen-bond donors (Lipinski definition) is 1. The topological polar surface area (TPSA) is 38.5 Å². The van der Waals surface area contributed by atoms with E-state index in [0.717, 1.165) is 18.3 Å². The van der Waals surface area contributed by atoms with Gasteiger partial charge in [-0.25, -0.2) is 0 Å². The standard InChI is InChI=1S/C16H26N2O/c1-3-4-11-18(13-9-10-13)15(12-17)14-7-5-6-8-16(14)19-2/h5-8,13,15H,3-4,9-12,17H2,1-2H3. The lowest BCUT2D eigenvalue weighted by Gasteiger charge is -2.32. The molecule has 0 heterocycles. The van der Waals surface area contributed by atoms with Crippen LogP contribution in [-0.2, 0) is 0 Å². The van der Waals surface area contributed by atoms with Crippen molar-refractivity contribution in [2.45, 2.75) is 44.7 Å². The molecule has 1 aliphatic rings. The Balaban J connectivity index is 2.20. The summed E-state index contributed by atoms with van der Waals surface area (Å²) in [6, 6.07) is 9.29. The van der Waals surface area contributed by atoms with Gasteiger partial charge < -0.3 is 10.5 Å². The van der Waals surface area contributed by atoms with Crippen LogP contribution in [0.3, 0.4) is 0 Å². The maximum absolute atomic E-state index is 6.07. The van der Waals surface area contributed by atoms with Crippen LogP contribution in [0.1, 0.15) is 44.2 Å². The lowest BCUT2D eigenvalue weighted by molar-refractivity contribution is 0.185. The average molecular weight is 262 g/mol. The second kappa shape index (κ2) is 6.92. The fourth-order valence-electron chi connectivity index (χ4n) is 2.72. The van der Waals surface area contributed by atoms with Crippen molar-refractivity contribution in [1.29, 1.82) is 0 Å². The maximum atomic E-state index is 6.07. The molecule has 3 heteroatoms. The molecule has 1 unspecified atom stereocenters. The monoisotopic (exact) mass is 262 g/mol. The Kier molecular flexibility index (Phi) is 5.23. The third-order valence-corrected chi connectivity index (χ3v) is 3.91. The molecule has 0 aromatic heterocycles. The van der Waals surface area contributed by atoms with Crippen LogP contribution in [0.25, 0.3) is 0 Å². The van der Waals surface area contributed by atoms with Gasteiger partial charge in [-0.05, 0) is 31.9 Å². The second-order valence-corrected chi connectivity index (χ2v) is 5.32. The first-order valence-corrected chi connectivity index (χ1v) is 7.40.